The molecular weight excluding hydrogens is 368 g/mol. The van der Waals surface area contributed by atoms with E-state index in [1.165, 1.54) is 17.1 Å². The predicted molar refractivity (Wildman–Crippen MR) is 100 cm³/mol. The molecule has 0 unspecified atom stereocenters. The largest absolute Gasteiger partial charge is 0.379 e. The second-order valence-corrected chi connectivity index (χ2v) is 6.62. The van der Waals surface area contributed by atoms with E-state index in [1.807, 2.05) is 13.8 Å². The van der Waals surface area contributed by atoms with E-state index in [0.29, 0.717) is 26.4 Å². The molecule has 9 heteroatoms. The van der Waals surface area contributed by atoms with Crippen LogP contribution in [0.3, 0.4) is 0 Å². The van der Waals surface area contributed by atoms with E-state index in [-0.39, 0.29) is 49.8 Å². The third-order valence-corrected chi connectivity index (χ3v) is 4.23. The van der Waals surface area contributed by atoms with Crippen molar-refractivity contribution >= 4 is 24.0 Å². The van der Waals surface area contributed by atoms with Gasteiger partial charge in [-0.2, -0.15) is 0 Å². The Balaban J connectivity index is 1.95. The topological polar surface area (TPSA) is 102 Å². The van der Waals surface area contributed by atoms with Crippen LogP contribution in [0.1, 0.15) is 20.3 Å². The first-order valence-electron chi connectivity index (χ1n) is 9.36. The Bertz CT molecular complexity index is 544. The van der Waals surface area contributed by atoms with E-state index in [9.17, 15) is 19.2 Å². The van der Waals surface area contributed by atoms with Crippen LogP contribution in [-0.4, -0.2) is 93.1 Å². The molecule has 0 aromatic rings. The molecule has 1 rings (SSSR count). The Kier molecular flexibility index (Phi) is 11.2. The first kappa shape index (κ1) is 23.9. The van der Waals surface area contributed by atoms with E-state index >= 15 is 0 Å². The van der Waals surface area contributed by atoms with Gasteiger partial charge in [-0.05, 0) is 5.92 Å². The van der Waals surface area contributed by atoms with Crippen molar-refractivity contribution in [3.63, 3.8) is 0 Å². The summed E-state index contributed by atoms with van der Waals surface area (Å²) >= 11 is 0. The van der Waals surface area contributed by atoms with E-state index in [4.69, 9.17) is 14.2 Å². The summed E-state index contributed by atoms with van der Waals surface area (Å²) in [5, 5.41) is 0. The van der Waals surface area contributed by atoms with Crippen molar-refractivity contribution in [2.45, 2.75) is 26.3 Å². The molecule has 1 aliphatic heterocycles. The molecular formula is C19H30N2O7. The second kappa shape index (κ2) is 13.1. The van der Waals surface area contributed by atoms with Crippen molar-refractivity contribution in [2.24, 2.45) is 5.92 Å². The molecule has 0 aromatic carbocycles. The zero-order chi connectivity index (χ0) is 20.9. The van der Waals surface area contributed by atoms with Gasteiger partial charge in [0.1, 0.15) is 6.29 Å². The smallest absolute Gasteiger partial charge is 0.253 e. The van der Waals surface area contributed by atoms with Crippen molar-refractivity contribution in [1.82, 2.24) is 9.80 Å². The van der Waals surface area contributed by atoms with Gasteiger partial charge in [0, 0.05) is 19.2 Å². The molecule has 1 heterocycles. The molecule has 0 fully saturated rings. The van der Waals surface area contributed by atoms with Gasteiger partial charge >= 0.3 is 0 Å². The van der Waals surface area contributed by atoms with Crippen LogP contribution in [0.5, 0.6) is 0 Å². The Hall–Kier alpha value is -2.10. The minimum Gasteiger partial charge on any atom is -0.379 e. The molecule has 158 valence electrons. The van der Waals surface area contributed by atoms with E-state index in [2.05, 4.69) is 0 Å². The highest BCUT2D eigenvalue weighted by Crippen LogP contribution is 2.08. The molecule has 0 saturated carbocycles. The molecule has 0 N–H and O–H groups in total. The van der Waals surface area contributed by atoms with Crippen LogP contribution in [-0.2, 0) is 33.4 Å². The quantitative estimate of drug-likeness (QED) is 0.218. The van der Waals surface area contributed by atoms with Crippen molar-refractivity contribution < 1.29 is 33.4 Å². The Morgan fingerprint density at radius 3 is 2.00 bits per heavy atom. The molecule has 1 atom stereocenters. The Morgan fingerprint density at radius 2 is 1.50 bits per heavy atom. The first-order valence-corrected chi connectivity index (χ1v) is 9.36. The molecule has 3 amide bonds. The SMILES string of the molecule is CC(C)[C@@H](C=O)N(C)C(=O)CCOCCOCCOCCN1C(=O)C=CC1=O. The van der Waals surface area contributed by atoms with Gasteiger partial charge in [-0.15, -0.1) is 0 Å². The van der Waals surface area contributed by atoms with Crippen LogP contribution in [0.15, 0.2) is 12.2 Å². The summed E-state index contributed by atoms with van der Waals surface area (Å²) in [6, 6.07) is -0.422. The van der Waals surface area contributed by atoms with Crippen molar-refractivity contribution in [1.29, 1.82) is 0 Å². The maximum Gasteiger partial charge on any atom is 0.253 e. The number of likely N-dealkylation sites (N-methyl/N-ethyl adjacent to an activating group) is 1. The summed E-state index contributed by atoms with van der Waals surface area (Å²) in [7, 11) is 1.62. The molecule has 28 heavy (non-hydrogen) atoms. The number of aldehydes is 1. The van der Waals surface area contributed by atoms with Gasteiger partial charge in [-0.3, -0.25) is 19.3 Å². The lowest BCUT2D eigenvalue weighted by Crippen LogP contribution is -2.41. The predicted octanol–water partition coefficient (Wildman–Crippen LogP) is 0.0332. The fourth-order valence-corrected chi connectivity index (χ4v) is 2.55. The lowest BCUT2D eigenvalue weighted by Gasteiger charge is -2.26. The molecule has 0 bridgehead atoms. The summed E-state index contributed by atoms with van der Waals surface area (Å²) in [4.78, 5) is 48.3. The van der Waals surface area contributed by atoms with E-state index in [0.717, 1.165) is 11.2 Å². The van der Waals surface area contributed by atoms with Crippen LogP contribution < -0.4 is 0 Å². The number of carbonyl (C=O) groups excluding carboxylic acids is 4. The maximum absolute atomic E-state index is 12.0. The van der Waals surface area contributed by atoms with Gasteiger partial charge in [-0.25, -0.2) is 0 Å². The van der Waals surface area contributed by atoms with Crippen molar-refractivity contribution in [3.05, 3.63) is 12.2 Å². The number of nitrogens with zero attached hydrogens (tertiary/aromatic N) is 2. The first-order chi connectivity index (χ1) is 13.4. The van der Waals surface area contributed by atoms with Gasteiger partial charge in [0.15, 0.2) is 0 Å². The zero-order valence-corrected chi connectivity index (χ0v) is 16.8. The maximum atomic E-state index is 12.0. The minimum absolute atomic E-state index is 0.0657. The third kappa shape index (κ3) is 8.28. The summed E-state index contributed by atoms with van der Waals surface area (Å²) < 4.78 is 16.0. The standard InChI is InChI=1S/C19H30N2O7/c1-15(2)16(14-22)20(3)17(23)6-8-26-10-12-28-13-11-27-9-7-21-18(24)4-5-19(21)25/h4-5,14-16H,6-13H2,1-3H3/t16-/m1/s1. The normalized spacial score (nSPS) is 14.8. The summed E-state index contributed by atoms with van der Waals surface area (Å²) in [6.07, 6.45) is 3.47. The second-order valence-electron chi connectivity index (χ2n) is 6.62. The lowest BCUT2D eigenvalue weighted by molar-refractivity contribution is -0.138. The Labute approximate surface area is 165 Å². The van der Waals surface area contributed by atoms with Gasteiger partial charge in [-0.1, -0.05) is 13.8 Å². The molecule has 0 saturated heterocycles. The van der Waals surface area contributed by atoms with Crippen LogP contribution in [0.2, 0.25) is 0 Å². The van der Waals surface area contributed by atoms with Crippen LogP contribution >= 0.6 is 0 Å². The van der Waals surface area contributed by atoms with E-state index < -0.39 is 6.04 Å². The molecule has 1 aliphatic rings. The lowest BCUT2D eigenvalue weighted by atomic mass is 10.0. The van der Waals surface area contributed by atoms with E-state index in [1.54, 1.807) is 7.05 Å². The minimum atomic E-state index is -0.422. The number of ether oxygens (including phenoxy) is 3. The van der Waals surface area contributed by atoms with Gasteiger partial charge < -0.3 is 23.9 Å². The Morgan fingerprint density at radius 1 is 1.00 bits per heavy atom. The van der Waals surface area contributed by atoms with Gasteiger partial charge in [0.05, 0.1) is 58.6 Å². The zero-order valence-electron chi connectivity index (χ0n) is 16.8. The number of hydrogen-bond donors (Lipinski definition) is 0. The van der Waals surface area contributed by atoms with Crippen molar-refractivity contribution in [3.8, 4) is 0 Å². The third-order valence-electron chi connectivity index (χ3n) is 4.23. The average Bonchev–Trinajstić information content (AvgIpc) is 2.97. The summed E-state index contributed by atoms with van der Waals surface area (Å²) in [6.45, 7) is 5.94. The van der Waals surface area contributed by atoms with Gasteiger partial charge in [0.2, 0.25) is 5.91 Å². The number of amides is 3. The van der Waals surface area contributed by atoms with Crippen LogP contribution in [0, 0.1) is 5.92 Å². The average molecular weight is 398 g/mol. The number of carbonyl (C=O) groups is 4. The van der Waals surface area contributed by atoms with Crippen LogP contribution in [0.25, 0.3) is 0 Å². The van der Waals surface area contributed by atoms with Crippen LogP contribution in [0.4, 0.5) is 0 Å². The fraction of sp³-hybridized carbons (Fsp3) is 0.684. The highest BCUT2D eigenvalue weighted by Gasteiger charge is 2.23. The fourth-order valence-electron chi connectivity index (χ4n) is 2.55. The monoisotopic (exact) mass is 398 g/mol. The molecule has 0 radical (unpaired) electrons. The molecule has 0 spiro atoms. The van der Waals surface area contributed by atoms with Crippen molar-refractivity contribution in [2.75, 3.05) is 53.2 Å². The molecule has 0 aliphatic carbocycles. The summed E-state index contributed by atoms with van der Waals surface area (Å²) in [5.74, 6) is -0.712. The number of imide groups is 1. The summed E-state index contributed by atoms with van der Waals surface area (Å²) in [5.41, 5.74) is 0. The number of rotatable bonds is 15. The highest BCUT2D eigenvalue weighted by molar-refractivity contribution is 6.12. The number of hydrogen-bond acceptors (Lipinski definition) is 7. The van der Waals surface area contributed by atoms with Gasteiger partial charge in [0.25, 0.3) is 11.8 Å². The highest BCUT2D eigenvalue weighted by atomic mass is 16.5. The molecule has 9 nitrogen and oxygen atoms in total. The molecule has 0 aromatic heterocycles.